The van der Waals surface area contributed by atoms with Crippen LogP contribution in [0.2, 0.25) is 0 Å². The van der Waals surface area contributed by atoms with Gasteiger partial charge in [-0.3, -0.25) is 9.10 Å². The minimum absolute atomic E-state index is 0.171. The fourth-order valence-electron chi connectivity index (χ4n) is 3.40. The molecule has 1 aromatic rings. The number of carbonyl (C=O) groups excluding carboxylic acids is 1. The van der Waals surface area contributed by atoms with Gasteiger partial charge >= 0.3 is 5.92 Å². The van der Waals surface area contributed by atoms with Gasteiger partial charge in [-0.15, -0.1) is 0 Å². The van der Waals surface area contributed by atoms with E-state index in [2.05, 4.69) is 0 Å². The molecule has 0 aliphatic carbocycles. The van der Waals surface area contributed by atoms with Crippen LogP contribution in [0.5, 0.6) is 0 Å². The zero-order chi connectivity index (χ0) is 17.5. The summed E-state index contributed by atoms with van der Waals surface area (Å²) in [4.78, 5) is 12.8. The molecule has 3 rings (SSSR count). The van der Waals surface area contributed by atoms with Crippen LogP contribution in [0, 0.1) is 0 Å². The smallest absolute Gasteiger partial charge is 0.322 e. The van der Waals surface area contributed by atoms with Gasteiger partial charge in [0.1, 0.15) is 0 Å². The van der Waals surface area contributed by atoms with Gasteiger partial charge < -0.3 is 4.90 Å². The number of halogens is 2. The molecule has 0 radical (unpaired) electrons. The van der Waals surface area contributed by atoms with Crippen LogP contribution in [0.4, 0.5) is 14.5 Å². The Hall–Kier alpha value is -1.70. The van der Waals surface area contributed by atoms with E-state index in [1.54, 1.807) is 12.1 Å². The van der Waals surface area contributed by atoms with Gasteiger partial charge in [0.15, 0.2) is 0 Å². The molecule has 1 unspecified atom stereocenters. The first kappa shape index (κ1) is 17.1. The second-order valence-corrected chi connectivity index (χ2v) is 8.54. The van der Waals surface area contributed by atoms with Gasteiger partial charge in [0.25, 0.3) is 5.91 Å². The highest BCUT2D eigenvalue weighted by Crippen LogP contribution is 2.33. The van der Waals surface area contributed by atoms with E-state index in [9.17, 15) is 22.0 Å². The van der Waals surface area contributed by atoms with Crippen molar-refractivity contribution in [1.29, 1.82) is 0 Å². The second kappa shape index (κ2) is 5.98. The van der Waals surface area contributed by atoms with Crippen molar-refractivity contribution in [3.63, 3.8) is 0 Å². The van der Waals surface area contributed by atoms with Gasteiger partial charge in [0.05, 0.1) is 10.9 Å². The summed E-state index contributed by atoms with van der Waals surface area (Å²) < 4.78 is 53.8. The molecule has 0 N–H and O–H groups in total. The van der Waals surface area contributed by atoms with Crippen LogP contribution < -0.4 is 4.31 Å². The van der Waals surface area contributed by atoms with Gasteiger partial charge in [0, 0.05) is 26.6 Å². The lowest BCUT2D eigenvalue weighted by atomic mass is 10.1. The van der Waals surface area contributed by atoms with Crippen molar-refractivity contribution in [1.82, 2.24) is 4.90 Å². The minimum atomic E-state index is -3.69. The molecule has 1 fully saturated rings. The minimum Gasteiger partial charge on any atom is -0.336 e. The number of benzene rings is 1. The Kier molecular flexibility index (Phi) is 4.27. The number of anilines is 1. The summed E-state index contributed by atoms with van der Waals surface area (Å²) in [5.74, 6) is -4.78. The number of likely N-dealkylation sites (tertiary alicyclic amines) is 1. The molecule has 2 heterocycles. The van der Waals surface area contributed by atoms with Crippen LogP contribution in [-0.2, 0) is 21.2 Å². The van der Waals surface area contributed by atoms with Crippen molar-refractivity contribution >= 4 is 21.6 Å². The largest absolute Gasteiger partial charge is 0.336 e. The predicted molar refractivity (Wildman–Crippen MR) is 86.6 cm³/mol. The monoisotopic (exact) mass is 358 g/mol. The summed E-state index contributed by atoms with van der Waals surface area (Å²) in [7, 11) is -3.69. The third-order valence-corrected chi connectivity index (χ3v) is 6.83. The number of para-hydroxylation sites is 1. The number of nitrogens with zero attached hydrogens (tertiary/aromatic N) is 2. The van der Waals surface area contributed by atoms with E-state index < -0.39 is 27.1 Å². The van der Waals surface area contributed by atoms with Crippen molar-refractivity contribution in [2.45, 2.75) is 37.4 Å². The summed E-state index contributed by atoms with van der Waals surface area (Å²) in [6.45, 7) is 0.897. The van der Waals surface area contributed by atoms with Crippen LogP contribution >= 0.6 is 0 Å². The van der Waals surface area contributed by atoms with E-state index in [1.165, 1.54) is 4.31 Å². The molecule has 1 aromatic carbocycles. The highest BCUT2D eigenvalue weighted by molar-refractivity contribution is 7.93. The SMILES string of the molecule is CC(F)(F)C(=O)N1CCCC(S(=O)(=O)N2CCc3ccccc32)C1. The average Bonchev–Trinajstić information content (AvgIpc) is 2.98. The van der Waals surface area contributed by atoms with Gasteiger partial charge in [-0.1, -0.05) is 18.2 Å². The molecule has 0 saturated carbocycles. The highest BCUT2D eigenvalue weighted by Gasteiger charge is 2.43. The second-order valence-electron chi connectivity index (χ2n) is 6.40. The number of carbonyl (C=O) groups is 1. The molecule has 8 heteroatoms. The molecule has 2 aliphatic heterocycles. The number of hydrogen-bond acceptors (Lipinski definition) is 3. The third-order valence-electron chi connectivity index (χ3n) is 4.61. The highest BCUT2D eigenvalue weighted by atomic mass is 32.2. The predicted octanol–water partition coefficient (Wildman–Crippen LogP) is 2.03. The molecule has 2 aliphatic rings. The van der Waals surface area contributed by atoms with E-state index in [1.807, 2.05) is 12.1 Å². The number of fused-ring (bicyclic) bond motifs is 1. The Morgan fingerprint density at radius 1 is 1.25 bits per heavy atom. The Labute approximate surface area is 140 Å². The summed E-state index contributed by atoms with van der Waals surface area (Å²) in [6, 6.07) is 7.28. The zero-order valence-electron chi connectivity index (χ0n) is 13.4. The number of alkyl halides is 2. The fourth-order valence-corrected chi connectivity index (χ4v) is 5.39. The van der Waals surface area contributed by atoms with Crippen molar-refractivity contribution in [2.24, 2.45) is 0 Å². The lowest BCUT2D eigenvalue weighted by Crippen LogP contribution is -2.52. The van der Waals surface area contributed by atoms with E-state index in [-0.39, 0.29) is 13.1 Å². The Morgan fingerprint density at radius 3 is 2.67 bits per heavy atom. The molecule has 24 heavy (non-hydrogen) atoms. The topological polar surface area (TPSA) is 57.7 Å². The first-order valence-electron chi connectivity index (χ1n) is 7.98. The van der Waals surface area contributed by atoms with E-state index in [0.29, 0.717) is 38.4 Å². The maximum Gasteiger partial charge on any atom is 0.322 e. The molecule has 5 nitrogen and oxygen atoms in total. The molecule has 0 bridgehead atoms. The molecular weight excluding hydrogens is 338 g/mol. The van der Waals surface area contributed by atoms with Gasteiger partial charge in [0.2, 0.25) is 10.0 Å². The van der Waals surface area contributed by atoms with Crippen molar-refractivity contribution in [2.75, 3.05) is 23.9 Å². The van der Waals surface area contributed by atoms with E-state index >= 15 is 0 Å². The molecule has 0 aromatic heterocycles. The van der Waals surface area contributed by atoms with Crippen LogP contribution in [0.15, 0.2) is 24.3 Å². The van der Waals surface area contributed by atoms with Crippen LogP contribution in [0.1, 0.15) is 25.3 Å². The first-order valence-corrected chi connectivity index (χ1v) is 9.48. The first-order chi connectivity index (χ1) is 11.2. The maximum absolute atomic E-state index is 13.3. The Bertz CT molecular complexity index is 746. The van der Waals surface area contributed by atoms with Crippen LogP contribution in [0.3, 0.4) is 0 Å². The molecular formula is C16H20F2N2O3S. The number of hydrogen-bond donors (Lipinski definition) is 0. The number of rotatable bonds is 3. The molecule has 1 saturated heterocycles. The third kappa shape index (κ3) is 2.99. The van der Waals surface area contributed by atoms with Crippen molar-refractivity contribution in [3.05, 3.63) is 29.8 Å². The lowest BCUT2D eigenvalue weighted by molar-refractivity contribution is -0.155. The lowest BCUT2D eigenvalue weighted by Gasteiger charge is -2.35. The van der Waals surface area contributed by atoms with E-state index in [4.69, 9.17) is 0 Å². The molecule has 0 spiro atoms. The zero-order valence-corrected chi connectivity index (χ0v) is 14.2. The molecule has 1 amide bonds. The summed E-state index contributed by atoms with van der Waals surface area (Å²) in [5.41, 5.74) is 1.62. The van der Waals surface area contributed by atoms with Gasteiger partial charge in [-0.05, 0) is 30.9 Å². The Morgan fingerprint density at radius 2 is 1.96 bits per heavy atom. The quantitative estimate of drug-likeness (QED) is 0.831. The summed E-state index contributed by atoms with van der Waals surface area (Å²) in [5, 5.41) is -0.844. The summed E-state index contributed by atoms with van der Waals surface area (Å²) >= 11 is 0. The van der Waals surface area contributed by atoms with Crippen LogP contribution in [-0.4, -0.2) is 50.0 Å². The number of sulfonamides is 1. The van der Waals surface area contributed by atoms with Gasteiger partial charge in [-0.25, -0.2) is 8.42 Å². The molecule has 132 valence electrons. The number of amides is 1. The van der Waals surface area contributed by atoms with E-state index in [0.717, 1.165) is 10.5 Å². The average molecular weight is 358 g/mol. The van der Waals surface area contributed by atoms with Crippen molar-refractivity contribution < 1.29 is 22.0 Å². The normalized spacial score (nSPS) is 21.7. The van der Waals surface area contributed by atoms with Crippen molar-refractivity contribution in [3.8, 4) is 0 Å². The number of piperidine rings is 1. The molecule has 1 atom stereocenters. The maximum atomic E-state index is 13.3. The van der Waals surface area contributed by atoms with Crippen LogP contribution in [0.25, 0.3) is 0 Å². The standard InChI is InChI=1S/C16H20F2N2O3S/c1-16(17,18)15(21)19-9-4-6-13(11-19)24(22,23)20-10-8-12-5-2-3-7-14(12)20/h2-3,5,7,13H,4,6,8-11H2,1H3. The Balaban J connectivity index is 1.82. The fraction of sp³-hybridized carbons (Fsp3) is 0.562. The summed E-state index contributed by atoms with van der Waals surface area (Å²) in [6.07, 6.45) is 1.42. The van der Waals surface area contributed by atoms with Gasteiger partial charge in [-0.2, -0.15) is 8.78 Å².